The average molecular weight is 493 g/mol. The molecular weight excluding hydrogens is 460 g/mol. The van der Waals surface area contributed by atoms with E-state index in [4.69, 9.17) is 23.4 Å². The van der Waals surface area contributed by atoms with Crippen molar-refractivity contribution in [1.82, 2.24) is 0 Å². The maximum absolute atomic E-state index is 13.0. The number of methoxy groups -OCH3 is 2. The number of ether oxygens (including phenoxy) is 4. The highest BCUT2D eigenvalue weighted by Crippen LogP contribution is 2.53. The Morgan fingerprint density at radius 2 is 1.64 bits per heavy atom. The summed E-state index contributed by atoms with van der Waals surface area (Å²) >= 11 is 0. The van der Waals surface area contributed by atoms with E-state index >= 15 is 0 Å². The highest BCUT2D eigenvalue weighted by atomic mass is 16.6. The molecule has 0 bridgehead atoms. The molecular formula is C29H32O7. The van der Waals surface area contributed by atoms with Gasteiger partial charge in [0.1, 0.15) is 6.10 Å². The molecule has 0 saturated carbocycles. The van der Waals surface area contributed by atoms with Crippen molar-refractivity contribution in [3.8, 4) is 28.7 Å². The van der Waals surface area contributed by atoms with Gasteiger partial charge in [-0.05, 0) is 24.3 Å². The molecule has 0 unspecified atom stereocenters. The molecule has 4 rings (SSSR count). The standard InChI is InChI=1S/C29H32O7/c1-9-28(3,4)18-13-17-15-21(33-8)24-25(22(17)36-27(18)31)35-26(29(5,6)10-2)23(34-24)16-11-12-19(30)20(14-16)32-7/h9-15,23,26,30H,1-2H2,3-8H3/t23-,26+/m0/s1. The minimum atomic E-state index is -0.614. The monoisotopic (exact) mass is 492 g/mol. The van der Waals surface area contributed by atoms with Crippen LogP contribution < -0.4 is 24.6 Å². The van der Waals surface area contributed by atoms with Crippen LogP contribution in [0.4, 0.5) is 0 Å². The summed E-state index contributed by atoms with van der Waals surface area (Å²) in [5.41, 5.74) is -0.165. The molecule has 0 spiro atoms. The zero-order valence-electron chi connectivity index (χ0n) is 21.5. The van der Waals surface area contributed by atoms with Gasteiger partial charge in [0.2, 0.25) is 11.5 Å². The summed E-state index contributed by atoms with van der Waals surface area (Å²) in [5, 5.41) is 10.7. The Morgan fingerprint density at radius 1 is 0.944 bits per heavy atom. The summed E-state index contributed by atoms with van der Waals surface area (Å²) in [6.45, 7) is 15.6. The van der Waals surface area contributed by atoms with Gasteiger partial charge in [-0.3, -0.25) is 0 Å². The van der Waals surface area contributed by atoms with Gasteiger partial charge in [0, 0.05) is 27.3 Å². The van der Waals surface area contributed by atoms with Gasteiger partial charge in [-0.25, -0.2) is 4.79 Å². The van der Waals surface area contributed by atoms with Crippen LogP contribution in [0.25, 0.3) is 11.0 Å². The predicted octanol–water partition coefficient (Wildman–Crippen LogP) is 6.07. The molecule has 3 aromatic rings. The molecule has 0 saturated heterocycles. The highest BCUT2D eigenvalue weighted by Gasteiger charge is 2.44. The molecule has 1 aliphatic rings. The summed E-state index contributed by atoms with van der Waals surface area (Å²) in [6.07, 6.45) is 2.32. The largest absolute Gasteiger partial charge is 0.504 e. The molecule has 0 amide bonds. The van der Waals surface area contributed by atoms with Gasteiger partial charge in [-0.1, -0.05) is 45.9 Å². The molecule has 7 nitrogen and oxygen atoms in total. The molecule has 2 aromatic carbocycles. The normalized spacial score (nSPS) is 17.5. The van der Waals surface area contributed by atoms with Gasteiger partial charge in [0.15, 0.2) is 28.9 Å². The van der Waals surface area contributed by atoms with Crippen molar-refractivity contribution in [2.45, 2.75) is 45.3 Å². The first-order valence-corrected chi connectivity index (χ1v) is 11.6. The lowest BCUT2D eigenvalue weighted by atomic mass is 9.80. The minimum Gasteiger partial charge on any atom is -0.504 e. The molecule has 1 aliphatic heterocycles. The van der Waals surface area contributed by atoms with Crippen LogP contribution in [0.5, 0.6) is 28.7 Å². The third-order valence-electron chi connectivity index (χ3n) is 6.88. The number of phenolic OH excluding ortho intramolecular Hbond substituents is 1. The van der Waals surface area contributed by atoms with E-state index in [9.17, 15) is 9.90 Å². The number of allylic oxidation sites excluding steroid dienone is 1. The number of hydrogen-bond acceptors (Lipinski definition) is 7. The third-order valence-corrected chi connectivity index (χ3v) is 6.88. The van der Waals surface area contributed by atoms with Gasteiger partial charge < -0.3 is 28.5 Å². The number of rotatable bonds is 7. The quantitative estimate of drug-likeness (QED) is 0.316. The lowest BCUT2D eigenvalue weighted by molar-refractivity contribution is -0.0315. The van der Waals surface area contributed by atoms with E-state index in [0.717, 1.165) is 5.56 Å². The van der Waals surface area contributed by atoms with Crippen molar-refractivity contribution in [3.05, 3.63) is 77.2 Å². The summed E-state index contributed by atoms with van der Waals surface area (Å²) in [5.74, 6) is 1.36. The lowest BCUT2D eigenvalue weighted by Gasteiger charge is -2.41. The number of phenols is 1. The Morgan fingerprint density at radius 3 is 2.25 bits per heavy atom. The van der Waals surface area contributed by atoms with E-state index in [0.29, 0.717) is 28.2 Å². The third kappa shape index (κ3) is 4.08. The van der Waals surface area contributed by atoms with Crippen LogP contribution in [0.3, 0.4) is 0 Å². The van der Waals surface area contributed by atoms with Crippen LogP contribution in [-0.4, -0.2) is 25.4 Å². The molecule has 0 aliphatic carbocycles. The van der Waals surface area contributed by atoms with Gasteiger partial charge in [-0.2, -0.15) is 0 Å². The van der Waals surface area contributed by atoms with Crippen molar-refractivity contribution in [2.24, 2.45) is 5.41 Å². The lowest BCUT2D eigenvalue weighted by Crippen LogP contribution is -2.43. The number of fused-ring (bicyclic) bond motifs is 3. The maximum atomic E-state index is 13.0. The van der Waals surface area contributed by atoms with Crippen LogP contribution in [0.1, 0.15) is 44.9 Å². The molecule has 0 fully saturated rings. The van der Waals surface area contributed by atoms with Crippen LogP contribution >= 0.6 is 0 Å². The van der Waals surface area contributed by atoms with Crippen molar-refractivity contribution >= 4 is 11.0 Å². The molecule has 2 atom stereocenters. The second-order valence-corrected chi connectivity index (χ2v) is 10.1. The van der Waals surface area contributed by atoms with E-state index in [1.807, 2.05) is 27.7 Å². The maximum Gasteiger partial charge on any atom is 0.340 e. The van der Waals surface area contributed by atoms with Gasteiger partial charge in [-0.15, -0.1) is 13.2 Å². The molecule has 1 aromatic heterocycles. The summed E-state index contributed by atoms with van der Waals surface area (Å²) in [7, 11) is 3.02. The Labute approximate surface area is 210 Å². The SMILES string of the molecule is C=CC(C)(C)c1cc2cc(OC)c3c(c2oc1=O)O[C@@H](C(C)(C)C=C)[C@H](c1ccc(O)c(OC)c1)O3. The zero-order valence-corrected chi connectivity index (χ0v) is 21.5. The second-order valence-electron chi connectivity index (χ2n) is 10.1. The Kier molecular flexibility index (Phi) is 6.29. The van der Waals surface area contributed by atoms with Crippen LogP contribution in [0.15, 0.2) is 64.9 Å². The van der Waals surface area contributed by atoms with Crippen molar-refractivity contribution in [3.63, 3.8) is 0 Å². The van der Waals surface area contributed by atoms with Gasteiger partial charge in [0.05, 0.1) is 14.2 Å². The fraction of sp³-hybridized carbons (Fsp3) is 0.345. The van der Waals surface area contributed by atoms with Crippen LogP contribution in [0.2, 0.25) is 0 Å². The van der Waals surface area contributed by atoms with E-state index in [1.165, 1.54) is 14.2 Å². The first-order valence-electron chi connectivity index (χ1n) is 11.6. The van der Waals surface area contributed by atoms with Crippen molar-refractivity contribution in [2.75, 3.05) is 14.2 Å². The molecule has 7 heteroatoms. The summed E-state index contributed by atoms with van der Waals surface area (Å²) < 4.78 is 29.9. The predicted molar refractivity (Wildman–Crippen MR) is 139 cm³/mol. The van der Waals surface area contributed by atoms with Gasteiger partial charge >= 0.3 is 5.63 Å². The van der Waals surface area contributed by atoms with E-state index in [-0.39, 0.29) is 17.1 Å². The summed E-state index contributed by atoms with van der Waals surface area (Å²) in [6, 6.07) is 8.54. The Hall–Kier alpha value is -3.87. The zero-order chi connectivity index (χ0) is 26.4. The molecule has 2 heterocycles. The van der Waals surface area contributed by atoms with Crippen molar-refractivity contribution in [1.29, 1.82) is 0 Å². The van der Waals surface area contributed by atoms with Crippen LogP contribution in [-0.2, 0) is 5.41 Å². The number of benzene rings is 2. The first kappa shape index (κ1) is 25.2. The fourth-order valence-corrected chi connectivity index (χ4v) is 4.27. The molecule has 0 radical (unpaired) electrons. The topological polar surface area (TPSA) is 87.4 Å². The minimum absolute atomic E-state index is 0.0153. The molecule has 36 heavy (non-hydrogen) atoms. The average Bonchev–Trinajstić information content (AvgIpc) is 2.87. The first-order chi connectivity index (χ1) is 17.0. The van der Waals surface area contributed by atoms with E-state index in [1.54, 1.807) is 42.5 Å². The highest BCUT2D eigenvalue weighted by molar-refractivity contribution is 5.89. The fourth-order valence-electron chi connectivity index (χ4n) is 4.27. The number of hydrogen-bond donors (Lipinski definition) is 1. The smallest absolute Gasteiger partial charge is 0.340 e. The summed E-state index contributed by atoms with van der Waals surface area (Å²) in [4.78, 5) is 13.0. The Balaban J connectivity index is 1.97. The van der Waals surface area contributed by atoms with Crippen LogP contribution in [0, 0.1) is 5.41 Å². The molecule has 1 N–H and O–H groups in total. The van der Waals surface area contributed by atoms with E-state index < -0.39 is 28.7 Å². The molecule has 190 valence electrons. The second kappa shape index (κ2) is 8.97. The Bertz CT molecular complexity index is 1400. The number of aromatic hydroxyl groups is 1. The van der Waals surface area contributed by atoms with Gasteiger partial charge in [0.25, 0.3) is 0 Å². The van der Waals surface area contributed by atoms with Crippen molar-refractivity contribution < 1.29 is 28.5 Å². The van der Waals surface area contributed by atoms with E-state index in [2.05, 4.69) is 13.2 Å².